The lowest BCUT2D eigenvalue weighted by Gasteiger charge is -2.35. The van der Waals surface area contributed by atoms with E-state index < -0.39 is 11.1 Å². The van der Waals surface area contributed by atoms with E-state index in [1.54, 1.807) is 23.9 Å². The first-order chi connectivity index (χ1) is 21.5. The topological polar surface area (TPSA) is 141 Å². The summed E-state index contributed by atoms with van der Waals surface area (Å²) in [6.07, 6.45) is 3.62. The molecular formula is C34H40N8O3. The zero-order valence-electron chi connectivity index (χ0n) is 26.3. The minimum Gasteiger partial charge on any atom is -0.378 e. The highest BCUT2D eigenvalue weighted by Crippen LogP contribution is 2.48. The van der Waals surface area contributed by atoms with Crippen LogP contribution in [0.1, 0.15) is 63.3 Å². The van der Waals surface area contributed by atoms with E-state index in [0.29, 0.717) is 43.1 Å². The van der Waals surface area contributed by atoms with Gasteiger partial charge >= 0.3 is 5.69 Å². The van der Waals surface area contributed by atoms with Gasteiger partial charge in [0.05, 0.1) is 18.0 Å². The molecule has 6 rings (SSSR count). The second-order valence-corrected chi connectivity index (χ2v) is 12.9. The number of amides is 2. The molecule has 3 aromatic rings. The van der Waals surface area contributed by atoms with Crippen molar-refractivity contribution in [1.29, 1.82) is 5.26 Å². The number of carbonyl (C=O) groups is 2. The Morgan fingerprint density at radius 3 is 2.33 bits per heavy atom. The second kappa shape index (κ2) is 11.7. The molecule has 1 saturated heterocycles. The van der Waals surface area contributed by atoms with Crippen LogP contribution >= 0.6 is 0 Å². The number of rotatable bonds is 9. The number of nitriles is 1. The summed E-state index contributed by atoms with van der Waals surface area (Å²) >= 11 is 0. The van der Waals surface area contributed by atoms with Crippen molar-refractivity contribution >= 4 is 17.5 Å². The first-order valence-electron chi connectivity index (χ1n) is 15.5. The fourth-order valence-corrected chi connectivity index (χ4v) is 7.29. The number of benzene rings is 2. The molecule has 2 aromatic carbocycles. The molecule has 2 fully saturated rings. The number of piperidine rings is 1. The van der Waals surface area contributed by atoms with Crippen molar-refractivity contribution in [1.82, 2.24) is 35.2 Å². The minimum atomic E-state index is -0.890. The van der Waals surface area contributed by atoms with Gasteiger partial charge in [0.25, 0.3) is 5.91 Å². The minimum absolute atomic E-state index is 0.0610. The molecule has 1 aromatic heterocycles. The van der Waals surface area contributed by atoms with E-state index in [9.17, 15) is 19.6 Å². The van der Waals surface area contributed by atoms with Crippen LogP contribution in [0.25, 0.3) is 5.70 Å². The average Bonchev–Trinajstić information content (AvgIpc) is 3.52. The number of hydrogen-bond acceptors (Lipinski definition) is 7. The maximum Gasteiger partial charge on any atom is 0.340 e. The van der Waals surface area contributed by atoms with Gasteiger partial charge in [-0.2, -0.15) is 10.4 Å². The number of hydrogen-bond donors (Lipinski definition) is 3. The lowest BCUT2D eigenvalue weighted by molar-refractivity contribution is -0.131. The van der Waals surface area contributed by atoms with Crippen LogP contribution in [-0.4, -0.2) is 95.1 Å². The van der Waals surface area contributed by atoms with Gasteiger partial charge in [-0.15, -0.1) is 0 Å². The molecule has 0 bridgehead atoms. The molecular weight excluding hydrogens is 568 g/mol. The number of aryl methyl sites for hydroxylation is 2. The zero-order chi connectivity index (χ0) is 32.0. The van der Waals surface area contributed by atoms with E-state index in [-0.39, 0.29) is 30.4 Å². The molecule has 2 aliphatic carbocycles. The Bertz CT molecular complexity index is 1690. The molecule has 2 unspecified atom stereocenters. The molecule has 11 heteroatoms. The third-order valence-electron chi connectivity index (χ3n) is 9.72. The van der Waals surface area contributed by atoms with Gasteiger partial charge in [0, 0.05) is 45.5 Å². The van der Waals surface area contributed by atoms with Crippen LogP contribution in [0, 0.1) is 17.2 Å². The summed E-state index contributed by atoms with van der Waals surface area (Å²) in [6.45, 7) is 4.82. The zero-order valence-corrected chi connectivity index (χ0v) is 26.3. The molecule has 1 saturated carbocycles. The quantitative estimate of drug-likeness (QED) is 0.317. The average molecular weight is 609 g/mol. The summed E-state index contributed by atoms with van der Waals surface area (Å²) in [5, 5.41) is 20.0. The summed E-state index contributed by atoms with van der Waals surface area (Å²) in [4.78, 5) is 47.0. The van der Waals surface area contributed by atoms with Crippen molar-refractivity contribution in [3.05, 3.63) is 92.7 Å². The van der Waals surface area contributed by atoms with Crippen molar-refractivity contribution in [2.75, 3.05) is 41.3 Å². The smallest absolute Gasteiger partial charge is 0.340 e. The molecule has 2 heterocycles. The van der Waals surface area contributed by atoms with Crippen molar-refractivity contribution in [3.8, 4) is 6.07 Å². The van der Waals surface area contributed by atoms with Crippen LogP contribution < -0.4 is 11.0 Å². The number of fused-ring (bicyclic) bond motifs is 3. The van der Waals surface area contributed by atoms with Crippen molar-refractivity contribution < 1.29 is 9.59 Å². The Balaban J connectivity index is 1.41. The summed E-state index contributed by atoms with van der Waals surface area (Å²) in [7, 11) is 7.39. The molecule has 0 spiro atoms. The number of H-pyrrole nitrogens is 2. The highest BCUT2D eigenvalue weighted by Gasteiger charge is 2.54. The Morgan fingerprint density at radius 1 is 1.07 bits per heavy atom. The van der Waals surface area contributed by atoms with Crippen molar-refractivity contribution in [2.24, 2.45) is 5.92 Å². The predicted molar refractivity (Wildman–Crippen MR) is 170 cm³/mol. The normalized spacial score (nSPS) is 22.8. The number of nitrogens with one attached hydrogen (secondary N) is 3. The van der Waals surface area contributed by atoms with Crippen LogP contribution in [0.15, 0.2) is 47.8 Å². The maximum absolute atomic E-state index is 13.2. The van der Waals surface area contributed by atoms with Gasteiger partial charge in [-0.1, -0.05) is 24.8 Å². The highest BCUT2D eigenvalue weighted by atomic mass is 16.2. The third-order valence-corrected chi connectivity index (χ3v) is 9.72. The molecule has 3 aliphatic rings. The number of likely N-dealkylation sites (tertiary alicyclic amines) is 1. The first kappa shape index (κ1) is 30.3. The highest BCUT2D eigenvalue weighted by molar-refractivity contribution is 5.94. The third kappa shape index (κ3) is 5.33. The summed E-state index contributed by atoms with van der Waals surface area (Å²) < 4.78 is 0. The second-order valence-electron chi connectivity index (χ2n) is 12.9. The lowest BCUT2D eigenvalue weighted by Crippen LogP contribution is -2.44. The van der Waals surface area contributed by atoms with E-state index in [0.717, 1.165) is 46.4 Å². The summed E-state index contributed by atoms with van der Waals surface area (Å²) in [6, 6.07) is 14.2. The van der Waals surface area contributed by atoms with Crippen molar-refractivity contribution in [3.63, 3.8) is 0 Å². The molecule has 234 valence electrons. The Hall–Kier alpha value is -4.69. The molecule has 2 amide bonds. The largest absolute Gasteiger partial charge is 0.378 e. The molecule has 1 aliphatic heterocycles. The molecule has 3 N–H and O–H groups in total. The standard InChI is InChI=1S/C34H40N8O3/c1-20(40(2)3)21-8-10-27-22(14-21)6-7-23-15-24(31(44)41(4)5)9-11-28(23)34(27,32-37-33(45)39-38-32)12-13-36-19-30(43)42-26(18-35)16-25-17-29(25)42/h8-11,14-15,25-26,29,36H,1,6-7,12-13,16-17,19H2,2-5H3,(H2,37,38,39,45)/t25-,26?,29+,34?/m1/s1. The fraction of sp³-hybridized carbons (Fsp3) is 0.441. The Labute approximate surface area is 262 Å². The van der Waals surface area contributed by atoms with E-state index in [1.165, 1.54) is 0 Å². The molecule has 45 heavy (non-hydrogen) atoms. The number of aromatic amines is 2. The number of carbonyl (C=O) groups excluding carboxylic acids is 2. The van der Waals surface area contributed by atoms with Gasteiger partial charge in [-0.05, 0) is 90.6 Å². The van der Waals surface area contributed by atoms with Crippen LogP contribution in [0.5, 0.6) is 0 Å². The lowest BCUT2D eigenvalue weighted by atomic mass is 9.69. The van der Waals surface area contributed by atoms with Crippen LogP contribution in [0.3, 0.4) is 0 Å². The monoisotopic (exact) mass is 608 g/mol. The summed E-state index contributed by atoms with van der Waals surface area (Å²) in [5.41, 5.74) is 5.23. The van der Waals surface area contributed by atoms with E-state index >= 15 is 0 Å². The van der Waals surface area contributed by atoms with Gasteiger partial charge < -0.3 is 20.0 Å². The van der Waals surface area contributed by atoms with Gasteiger partial charge in [0.2, 0.25) is 5.91 Å². The SMILES string of the molecule is C=C(c1ccc2c(c1)CCc1cc(C(=O)N(C)C)ccc1C2(CCNCC(=O)N1C(C#N)C[C@@H]2C[C@@H]21)c1n[nH]c(=O)[nH]1)N(C)C. The predicted octanol–water partition coefficient (Wildman–Crippen LogP) is 2.26. The van der Waals surface area contributed by atoms with Crippen LogP contribution in [-0.2, 0) is 23.1 Å². The first-order valence-corrected chi connectivity index (χ1v) is 15.5. The van der Waals surface area contributed by atoms with Gasteiger partial charge in [-0.25, -0.2) is 9.89 Å². The summed E-state index contributed by atoms with van der Waals surface area (Å²) in [5.74, 6) is 0.781. The maximum atomic E-state index is 13.2. The van der Waals surface area contributed by atoms with Crippen molar-refractivity contribution in [2.45, 2.75) is 49.6 Å². The van der Waals surface area contributed by atoms with E-state index in [4.69, 9.17) is 0 Å². The fourth-order valence-electron chi connectivity index (χ4n) is 7.29. The van der Waals surface area contributed by atoms with Crippen LogP contribution in [0.4, 0.5) is 0 Å². The Kier molecular flexibility index (Phi) is 7.87. The molecule has 11 nitrogen and oxygen atoms in total. The van der Waals surface area contributed by atoms with E-state index in [1.807, 2.05) is 43.3 Å². The Morgan fingerprint density at radius 2 is 1.73 bits per heavy atom. The van der Waals surface area contributed by atoms with Gasteiger partial charge in [0.15, 0.2) is 0 Å². The molecule has 4 atom stereocenters. The molecule has 0 radical (unpaired) electrons. The number of nitrogens with zero attached hydrogens (tertiary/aromatic N) is 5. The van der Waals surface area contributed by atoms with Gasteiger partial charge in [-0.3, -0.25) is 14.6 Å². The van der Waals surface area contributed by atoms with E-state index in [2.05, 4.69) is 45.3 Å². The number of aromatic nitrogens is 3. The van der Waals surface area contributed by atoms with Crippen LogP contribution in [0.2, 0.25) is 0 Å². The van der Waals surface area contributed by atoms with Gasteiger partial charge in [0.1, 0.15) is 11.9 Å².